The van der Waals surface area contributed by atoms with Crippen LogP contribution in [0.25, 0.3) is 0 Å². The molecule has 7 heteroatoms. The SMILES string of the molecule is O.O=S1(=O)CCCC1.O=S1(=O)CCCC1. The van der Waals surface area contributed by atoms with Crippen LogP contribution in [0, 0.1) is 0 Å². The number of hydrogen-bond donors (Lipinski definition) is 0. The van der Waals surface area contributed by atoms with Gasteiger partial charge in [-0.3, -0.25) is 0 Å². The molecule has 2 aliphatic heterocycles. The van der Waals surface area contributed by atoms with E-state index < -0.39 is 19.7 Å². The minimum atomic E-state index is -2.55. The second-order valence-corrected chi connectivity index (χ2v) is 8.33. The molecular formula is C8H18O5S2. The molecule has 2 saturated heterocycles. The first kappa shape index (κ1) is 14.9. The summed E-state index contributed by atoms with van der Waals surface area (Å²) in [4.78, 5) is 0. The molecule has 0 aromatic carbocycles. The normalized spacial score (nSPS) is 26.1. The van der Waals surface area contributed by atoms with Gasteiger partial charge in [-0.05, 0) is 25.7 Å². The summed E-state index contributed by atoms with van der Waals surface area (Å²) >= 11 is 0. The Labute approximate surface area is 91.0 Å². The van der Waals surface area contributed by atoms with E-state index in [2.05, 4.69) is 0 Å². The molecule has 0 atom stereocenters. The van der Waals surface area contributed by atoms with Crippen LogP contribution in [0.5, 0.6) is 0 Å². The molecule has 2 heterocycles. The molecular weight excluding hydrogens is 240 g/mol. The highest BCUT2D eigenvalue weighted by atomic mass is 32.2. The summed E-state index contributed by atoms with van der Waals surface area (Å²) in [6.07, 6.45) is 3.51. The van der Waals surface area contributed by atoms with Crippen LogP contribution >= 0.6 is 0 Å². The molecule has 0 amide bonds. The minimum absolute atomic E-state index is 0. The monoisotopic (exact) mass is 258 g/mol. The van der Waals surface area contributed by atoms with E-state index in [9.17, 15) is 16.8 Å². The van der Waals surface area contributed by atoms with E-state index in [1.54, 1.807) is 0 Å². The van der Waals surface area contributed by atoms with Gasteiger partial charge in [-0.25, -0.2) is 16.8 Å². The number of rotatable bonds is 0. The first-order chi connectivity index (χ1) is 6.41. The second kappa shape index (κ2) is 5.81. The van der Waals surface area contributed by atoms with Gasteiger partial charge >= 0.3 is 0 Å². The van der Waals surface area contributed by atoms with E-state index in [0.29, 0.717) is 23.0 Å². The van der Waals surface area contributed by atoms with Gasteiger partial charge in [0.1, 0.15) is 19.7 Å². The quantitative estimate of drug-likeness (QED) is 0.588. The van der Waals surface area contributed by atoms with Gasteiger partial charge in [0.25, 0.3) is 0 Å². The van der Waals surface area contributed by atoms with E-state index >= 15 is 0 Å². The lowest BCUT2D eigenvalue weighted by molar-refractivity contribution is 0.600. The van der Waals surface area contributed by atoms with Crippen LogP contribution in [-0.2, 0) is 19.7 Å². The van der Waals surface area contributed by atoms with Crippen molar-refractivity contribution in [1.29, 1.82) is 0 Å². The molecule has 0 aromatic rings. The number of hydrogen-bond acceptors (Lipinski definition) is 4. The number of sulfone groups is 2. The predicted molar refractivity (Wildman–Crippen MR) is 59.4 cm³/mol. The van der Waals surface area contributed by atoms with Crippen LogP contribution in [0.1, 0.15) is 25.7 Å². The molecule has 0 aromatic heterocycles. The summed E-state index contributed by atoms with van der Waals surface area (Å²) in [5, 5.41) is 0. The molecule has 0 aliphatic carbocycles. The fourth-order valence-corrected chi connectivity index (χ4v) is 4.48. The average molecular weight is 258 g/mol. The van der Waals surface area contributed by atoms with Gasteiger partial charge in [-0.2, -0.15) is 0 Å². The first-order valence-electron chi connectivity index (χ1n) is 4.82. The van der Waals surface area contributed by atoms with Crippen molar-refractivity contribution in [2.45, 2.75) is 25.7 Å². The summed E-state index contributed by atoms with van der Waals surface area (Å²) < 4.78 is 41.7. The van der Waals surface area contributed by atoms with Crippen LogP contribution in [0.4, 0.5) is 0 Å². The zero-order valence-electron chi connectivity index (χ0n) is 8.61. The predicted octanol–water partition coefficient (Wildman–Crippen LogP) is -0.435. The fourth-order valence-electron chi connectivity index (χ4n) is 1.49. The van der Waals surface area contributed by atoms with Crippen molar-refractivity contribution in [1.82, 2.24) is 0 Å². The molecule has 0 saturated carbocycles. The lowest BCUT2D eigenvalue weighted by atomic mass is 10.4. The molecule has 92 valence electrons. The fraction of sp³-hybridized carbons (Fsp3) is 1.00. The van der Waals surface area contributed by atoms with Crippen molar-refractivity contribution in [3.63, 3.8) is 0 Å². The van der Waals surface area contributed by atoms with E-state index in [0.717, 1.165) is 25.7 Å². The van der Waals surface area contributed by atoms with E-state index in [1.165, 1.54) is 0 Å². The molecule has 0 unspecified atom stereocenters. The highest BCUT2D eigenvalue weighted by Gasteiger charge is 2.16. The summed E-state index contributed by atoms with van der Waals surface area (Å²) in [5.41, 5.74) is 0. The van der Waals surface area contributed by atoms with E-state index in [1.807, 2.05) is 0 Å². The van der Waals surface area contributed by atoms with Crippen LogP contribution < -0.4 is 0 Å². The third kappa shape index (κ3) is 6.11. The average Bonchev–Trinajstić information content (AvgIpc) is 2.60. The Balaban J connectivity index is 0.000000245. The molecule has 0 radical (unpaired) electrons. The Morgan fingerprint density at radius 2 is 0.733 bits per heavy atom. The standard InChI is InChI=1S/2C4H8O2S.H2O/c2*5-7(6)3-1-2-4-7;/h2*1-4H2;1H2. The highest BCUT2D eigenvalue weighted by Crippen LogP contribution is 2.08. The molecule has 2 N–H and O–H groups in total. The van der Waals surface area contributed by atoms with Gasteiger partial charge in [0.05, 0.1) is 23.0 Å². The van der Waals surface area contributed by atoms with Gasteiger partial charge in [-0.1, -0.05) is 0 Å². The third-order valence-electron chi connectivity index (χ3n) is 2.32. The van der Waals surface area contributed by atoms with Crippen LogP contribution in [-0.4, -0.2) is 45.3 Å². The maximum atomic E-state index is 10.4. The van der Waals surface area contributed by atoms with Crippen molar-refractivity contribution in [3.05, 3.63) is 0 Å². The van der Waals surface area contributed by atoms with Gasteiger partial charge in [0.2, 0.25) is 0 Å². The zero-order chi connectivity index (χ0) is 10.7. The Morgan fingerprint density at radius 1 is 0.533 bits per heavy atom. The highest BCUT2D eigenvalue weighted by molar-refractivity contribution is 7.91. The molecule has 15 heavy (non-hydrogen) atoms. The van der Waals surface area contributed by atoms with E-state index in [4.69, 9.17) is 0 Å². The lowest BCUT2D eigenvalue weighted by Crippen LogP contribution is -1.98. The molecule has 2 fully saturated rings. The summed E-state index contributed by atoms with van der Waals surface area (Å²) in [5.74, 6) is 1.69. The largest absolute Gasteiger partial charge is 0.412 e. The topological polar surface area (TPSA) is 99.8 Å². The zero-order valence-corrected chi connectivity index (χ0v) is 10.2. The van der Waals surface area contributed by atoms with Crippen molar-refractivity contribution >= 4 is 19.7 Å². The third-order valence-corrected chi connectivity index (χ3v) is 5.96. The first-order valence-corrected chi connectivity index (χ1v) is 8.46. The minimum Gasteiger partial charge on any atom is -0.412 e. The maximum Gasteiger partial charge on any atom is 0.150 e. The van der Waals surface area contributed by atoms with Crippen molar-refractivity contribution in [2.75, 3.05) is 23.0 Å². The van der Waals surface area contributed by atoms with Gasteiger partial charge in [-0.15, -0.1) is 0 Å². The van der Waals surface area contributed by atoms with Crippen LogP contribution in [0.2, 0.25) is 0 Å². The lowest BCUT2D eigenvalue weighted by Gasteiger charge is -1.81. The van der Waals surface area contributed by atoms with Gasteiger partial charge in [0, 0.05) is 0 Å². The van der Waals surface area contributed by atoms with Gasteiger partial charge < -0.3 is 5.48 Å². The maximum absolute atomic E-state index is 10.4. The Kier molecular flexibility index (Phi) is 5.76. The van der Waals surface area contributed by atoms with Crippen molar-refractivity contribution in [3.8, 4) is 0 Å². The summed E-state index contributed by atoms with van der Waals surface area (Å²) in [7, 11) is -5.09. The molecule has 5 nitrogen and oxygen atoms in total. The van der Waals surface area contributed by atoms with Crippen molar-refractivity contribution in [2.24, 2.45) is 0 Å². The Morgan fingerprint density at radius 3 is 0.800 bits per heavy atom. The van der Waals surface area contributed by atoms with Crippen LogP contribution in [0.3, 0.4) is 0 Å². The summed E-state index contributed by atoms with van der Waals surface area (Å²) in [6, 6.07) is 0. The Bertz CT molecular complexity index is 306. The van der Waals surface area contributed by atoms with Gasteiger partial charge in [0.15, 0.2) is 0 Å². The van der Waals surface area contributed by atoms with Crippen molar-refractivity contribution < 1.29 is 22.3 Å². The summed E-state index contributed by atoms with van der Waals surface area (Å²) in [6.45, 7) is 0. The molecule has 0 spiro atoms. The van der Waals surface area contributed by atoms with E-state index in [-0.39, 0.29) is 5.48 Å². The smallest absolute Gasteiger partial charge is 0.150 e. The Hall–Kier alpha value is -0.140. The molecule has 2 aliphatic rings. The second-order valence-electron chi connectivity index (χ2n) is 3.72. The molecule has 0 bridgehead atoms. The van der Waals surface area contributed by atoms with Crippen LogP contribution in [0.15, 0.2) is 0 Å². The molecule has 2 rings (SSSR count).